The highest BCUT2D eigenvalue weighted by Gasteiger charge is 2.69. The van der Waals surface area contributed by atoms with Crippen molar-refractivity contribution < 1.29 is 45.0 Å². The number of carbonyl (C=O) groups excluding carboxylic acids is 3. The zero-order valence-corrected chi connectivity index (χ0v) is 17.9. The summed E-state index contributed by atoms with van der Waals surface area (Å²) in [5.74, 6) is -10.2. The average Bonchev–Trinajstić information content (AvgIpc) is 2.70. The molecule has 6 atom stereocenters. The first kappa shape index (κ1) is 22.9. The maximum Gasteiger partial charge on any atom is 0.255 e. The second-order valence-electron chi connectivity index (χ2n) is 9.04. The van der Waals surface area contributed by atoms with Crippen LogP contribution in [-0.2, 0) is 20.0 Å². The van der Waals surface area contributed by atoms with Gasteiger partial charge in [0.1, 0.15) is 17.1 Å². The quantitative estimate of drug-likeness (QED) is 0.254. The van der Waals surface area contributed by atoms with Crippen molar-refractivity contribution in [1.29, 1.82) is 0 Å². The molecule has 0 saturated heterocycles. The van der Waals surface area contributed by atoms with Gasteiger partial charge in [0.25, 0.3) is 5.91 Å². The molecule has 33 heavy (non-hydrogen) atoms. The number of benzene rings is 1. The highest BCUT2D eigenvalue weighted by atomic mass is 16.4. The van der Waals surface area contributed by atoms with E-state index < -0.39 is 86.6 Å². The van der Waals surface area contributed by atoms with Gasteiger partial charge in [0.15, 0.2) is 17.2 Å². The highest BCUT2D eigenvalue weighted by molar-refractivity contribution is 6.24. The Morgan fingerprint density at radius 1 is 1.18 bits per heavy atom. The molecule has 0 bridgehead atoms. The molecule has 1 amide bonds. The molecule has 1 saturated carbocycles. The third-order valence-corrected chi connectivity index (χ3v) is 7.01. The lowest BCUT2D eigenvalue weighted by atomic mass is 9.53. The van der Waals surface area contributed by atoms with Gasteiger partial charge in [0, 0.05) is 17.1 Å². The maximum atomic E-state index is 13.6. The van der Waals surface area contributed by atoms with Crippen LogP contribution in [0.25, 0.3) is 5.76 Å². The van der Waals surface area contributed by atoms with Crippen LogP contribution in [0, 0.1) is 11.8 Å². The molecule has 1 fully saturated rings. The van der Waals surface area contributed by atoms with Crippen LogP contribution in [0.4, 0.5) is 0 Å². The van der Waals surface area contributed by atoms with Gasteiger partial charge in [0.2, 0.25) is 0 Å². The fourth-order valence-corrected chi connectivity index (χ4v) is 5.58. The van der Waals surface area contributed by atoms with E-state index in [0.717, 1.165) is 0 Å². The molecule has 11 nitrogen and oxygen atoms in total. The Balaban J connectivity index is 2.11. The minimum atomic E-state index is -3.06. The van der Waals surface area contributed by atoms with Crippen molar-refractivity contribution in [2.24, 2.45) is 17.6 Å². The summed E-state index contributed by atoms with van der Waals surface area (Å²) < 4.78 is 0. The van der Waals surface area contributed by atoms with Crippen LogP contribution in [0.15, 0.2) is 35.1 Å². The van der Waals surface area contributed by atoms with E-state index in [-0.39, 0.29) is 5.56 Å². The van der Waals surface area contributed by atoms with E-state index in [1.54, 1.807) is 0 Å². The Bertz CT molecular complexity index is 1180. The number of aliphatic hydroxyl groups excluding tert-OH is 2. The number of nitrogens with two attached hydrogens (primary N) is 1. The van der Waals surface area contributed by atoms with E-state index in [1.807, 2.05) is 0 Å². The van der Waals surface area contributed by atoms with E-state index in [4.69, 9.17) is 5.73 Å². The average molecular weight is 459 g/mol. The third-order valence-electron chi connectivity index (χ3n) is 7.01. The molecule has 0 heterocycles. The fourth-order valence-electron chi connectivity index (χ4n) is 5.58. The molecule has 1 aromatic carbocycles. The SMILES string of the molecule is CN(C)[C@@H]1C(=O)C(C(N)=O)=C(O)[C@]2(O)C(=O)C3=C([O-])c4c(O)cccc4[C@](C)(O)[C@@H]3[C@@H](O)[C@@H]12. The van der Waals surface area contributed by atoms with Gasteiger partial charge < -0.3 is 36.4 Å². The second kappa shape index (κ2) is 6.87. The number of hydrogen-bond donors (Lipinski definition) is 6. The van der Waals surface area contributed by atoms with Crippen molar-refractivity contribution in [2.75, 3.05) is 14.1 Å². The summed E-state index contributed by atoms with van der Waals surface area (Å²) in [4.78, 5) is 39.9. The summed E-state index contributed by atoms with van der Waals surface area (Å²) in [5, 5.41) is 68.6. The smallest absolute Gasteiger partial charge is 0.255 e. The van der Waals surface area contributed by atoms with Crippen molar-refractivity contribution >= 4 is 23.2 Å². The summed E-state index contributed by atoms with van der Waals surface area (Å²) in [5.41, 5.74) is -2.17. The van der Waals surface area contributed by atoms with Gasteiger partial charge in [-0.1, -0.05) is 17.9 Å². The van der Waals surface area contributed by atoms with Crippen LogP contribution < -0.4 is 10.8 Å². The topological polar surface area (TPSA) is 205 Å². The standard InChI is InChI=1S/C22H24N2O9/c1-21(32)7-5-4-6-8(25)9(7)15(26)10-12(21)17(28)13-14(24(2)3)16(27)11(20(23)31)19(30)22(13,33)18(10)29/h4-6,12-14,17,25-26,28,30,32-33H,1-3H3,(H2,23,31)/p-1/t12-,13+,14-,17+,21-,22+/m0/s1. The first-order chi connectivity index (χ1) is 15.2. The predicted molar refractivity (Wildman–Crippen MR) is 109 cm³/mol. The number of amides is 1. The first-order valence-corrected chi connectivity index (χ1v) is 10.1. The van der Waals surface area contributed by atoms with E-state index in [1.165, 1.54) is 44.1 Å². The van der Waals surface area contributed by atoms with Gasteiger partial charge in [-0.15, -0.1) is 0 Å². The van der Waals surface area contributed by atoms with Gasteiger partial charge in [-0.25, -0.2) is 0 Å². The van der Waals surface area contributed by atoms with Crippen LogP contribution in [0.2, 0.25) is 0 Å². The highest BCUT2D eigenvalue weighted by Crippen LogP contribution is 2.56. The Morgan fingerprint density at radius 3 is 2.33 bits per heavy atom. The minimum absolute atomic E-state index is 0.0559. The lowest BCUT2D eigenvalue weighted by Crippen LogP contribution is -2.72. The molecule has 0 unspecified atom stereocenters. The molecule has 4 rings (SSSR count). The minimum Gasteiger partial charge on any atom is -0.872 e. The molecule has 11 heteroatoms. The summed E-state index contributed by atoms with van der Waals surface area (Å²) >= 11 is 0. The molecular formula is C22H23N2O9-. The van der Waals surface area contributed by atoms with Crippen molar-refractivity contribution in [3.63, 3.8) is 0 Å². The summed E-state index contributed by atoms with van der Waals surface area (Å²) in [6.45, 7) is 1.23. The Hall–Kier alpha value is -3.25. The fraction of sp³-hybridized carbons (Fsp3) is 0.409. The Kier molecular flexibility index (Phi) is 4.78. The largest absolute Gasteiger partial charge is 0.872 e. The van der Waals surface area contributed by atoms with E-state index in [2.05, 4.69) is 0 Å². The molecule has 7 N–H and O–H groups in total. The van der Waals surface area contributed by atoms with Crippen LogP contribution in [0.1, 0.15) is 18.1 Å². The van der Waals surface area contributed by atoms with Gasteiger partial charge in [0.05, 0.1) is 23.7 Å². The molecule has 1 aromatic rings. The van der Waals surface area contributed by atoms with E-state index >= 15 is 0 Å². The molecule has 3 aliphatic carbocycles. The lowest BCUT2D eigenvalue weighted by Gasteiger charge is -2.56. The number of fused-ring (bicyclic) bond motifs is 3. The van der Waals surface area contributed by atoms with Crippen LogP contribution in [0.5, 0.6) is 5.75 Å². The number of carbonyl (C=O) groups is 3. The maximum absolute atomic E-state index is 13.6. The van der Waals surface area contributed by atoms with E-state index in [0.29, 0.717) is 0 Å². The van der Waals surface area contributed by atoms with Gasteiger partial charge >= 0.3 is 0 Å². The third kappa shape index (κ3) is 2.61. The van der Waals surface area contributed by atoms with Crippen LogP contribution in [-0.4, -0.2) is 79.7 Å². The number of phenolic OH excluding ortho intramolecular Hbond substituents is 1. The molecule has 3 aliphatic rings. The number of hydrogen-bond acceptors (Lipinski definition) is 10. The number of nitrogens with zero attached hydrogens (tertiary/aromatic N) is 1. The number of aromatic hydroxyl groups is 1. The van der Waals surface area contributed by atoms with Crippen molar-refractivity contribution in [2.45, 2.75) is 30.3 Å². The number of rotatable bonds is 2. The Morgan fingerprint density at radius 2 is 1.79 bits per heavy atom. The molecular weight excluding hydrogens is 436 g/mol. The van der Waals surface area contributed by atoms with Crippen molar-refractivity contribution in [3.8, 4) is 5.75 Å². The molecule has 0 spiro atoms. The van der Waals surface area contributed by atoms with Gasteiger partial charge in [-0.05, 0) is 32.6 Å². The van der Waals surface area contributed by atoms with Crippen LogP contribution >= 0.6 is 0 Å². The number of Topliss-reactive ketones (excluding diaryl/α,β-unsaturated/α-hetero) is 2. The molecule has 0 aliphatic heterocycles. The summed E-state index contributed by atoms with van der Waals surface area (Å²) in [7, 11) is 2.77. The molecule has 0 aromatic heterocycles. The van der Waals surface area contributed by atoms with Gasteiger partial charge in [-0.3, -0.25) is 19.3 Å². The number of likely N-dealkylation sites (N-methyl/N-ethyl adjacent to an activating group) is 1. The van der Waals surface area contributed by atoms with Gasteiger partial charge in [-0.2, -0.15) is 0 Å². The molecule has 176 valence electrons. The lowest BCUT2D eigenvalue weighted by molar-refractivity contribution is -0.250. The Labute approximate surface area is 187 Å². The number of primary amides is 1. The van der Waals surface area contributed by atoms with Crippen molar-refractivity contribution in [3.05, 3.63) is 46.2 Å². The zero-order chi connectivity index (χ0) is 24.8. The monoisotopic (exact) mass is 459 g/mol. The molecule has 0 radical (unpaired) electrons. The van der Waals surface area contributed by atoms with Crippen LogP contribution in [0.3, 0.4) is 0 Å². The van der Waals surface area contributed by atoms with E-state index in [9.17, 15) is 45.0 Å². The number of aliphatic hydroxyl groups is 4. The summed E-state index contributed by atoms with van der Waals surface area (Å²) in [6.07, 6.45) is -1.91. The number of phenols is 1. The normalized spacial score (nSPS) is 36.0. The summed E-state index contributed by atoms with van der Waals surface area (Å²) in [6, 6.07) is 2.37. The predicted octanol–water partition coefficient (Wildman–Crippen LogP) is -2.60. The zero-order valence-electron chi connectivity index (χ0n) is 17.9. The second-order valence-corrected chi connectivity index (χ2v) is 9.04. The first-order valence-electron chi connectivity index (χ1n) is 10.1. The van der Waals surface area contributed by atoms with Crippen molar-refractivity contribution in [1.82, 2.24) is 4.90 Å². The number of ketones is 2.